The smallest absolute Gasteiger partial charge is 0.306 e. The van der Waals surface area contributed by atoms with Gasteiger partial charge in [0.25, 0.3) is 0 Å². The molecular weight excluding hydrogens is 266 g/mol. The molecule has 1 aromatic carbocycles. The van der Waals surface area contributed by atoms with Gasteiger partial charge >= 0.3 is 5.97 Å². The van der Waals surface area contributed by atoms with Crippen LogP contribution >= 0.6 is 0 Å². The molecule has 1 amide bonds. The molecule has 4 heteroatoms. The van der Waals surface area contributed by atoms with E-state index in [4.69, 9.17) is 4.74 Å². The second-order valence-corrected chi connectivity index (χ2v) is 5.16. The van der Waals surface area contributed by atoms with E-state index in [1.807, 2.05) is 44.2 Å². The van der Waals surface area contributed by atoms with E-state index in [9.17, 15) is 9.59 Å². The van der Waals surface area contributed by atoms with Crippen LogP contribution in [0.4, 0.5) is 0 Å². The molecule has 0 aliphatic heterocycles. The third kappa shape index (κ3) is 5.98. The highest BCUT2D eigenvalue weighted by Gasteiger charge is 2.20. The lowest BCUT2D eigenvalue weighted by Gasteiger charge is -2.24. The highest BCUT2D eigenvalue weighted by atomic mass is 16.5. The average Bonchev–Trinajstić information content (AvgIpc) is 2.48. The highest BCUT2D eigenvalue weighted by Crippen LogP contribution is 2.19. The van der Waals surface area contributed by atoms with Gasteiger partial charge in [0.2, 0.25) is 5.91 Å². The Balaban J connectivity index is 2.77. The Labute approximate surface area is 127 Å². The molecule has 1 rings (SSSR count). The Morgan fingerprint density at radius 1 is 1.10 bits per heavy atom. The minimum absolute atomic E-state index is 0.0740. The molecule has 0 aromatic heterocycles. The Morgan fingerprint density at radius 3 is 2.29 bits per heavy atom. The fourth-order valence-corrected chi connectivity index (χ4v) is 2.06. The van der Waals surface area contributed by atoms with E-state index in [2.05, 4.69) is 0 Å². The lowest BCUT2D eigenvalue weighted by atomic mass is 10.1. The molecule has 1 unspecified atom stereocenters. The van der Waals surface area contributed by atoms with Crippen molar-refractivity contribution >= 4 is 11.9 Å². The first-order chi connectivity index (χ1) is 10.1. The molecule has 0 aliphatic carbocycles. The number of likely N-dealkylation sites (N-methyl/N-ethyl adjacent to an activating group) is 1. The summed E-state index contributed by atoms with van der Waals surface area (Å²) in [5.41, 5.74) is 0.915. The predicted molar refractivity (Wildman–Crippen MR) is 82.7 cm³/mol. The van der Waals surface area contributed by atoms with Gasteiger partial charge < -0.3 is 9.64 Å². The number of carbonyl (C=O) groups excluding carboxylic acids is 2. The van der Waals surface area contributed by atoms with Crippen LogP contribution in [-0.4, -0.2) is 30.4 Å². The number of nitrogens with zero attached hydrogens (tertiary/aromatic N) is 1. The molecule has 21 heavy (non-hydrogen) atoms. The molecule has 0 heterocycles. The Bertz CT molecular complexity index is 445. The maximum atomic E-state index is 11.9. The summed E-state index contributed by atoms with van der Waals surface area (Å²) in [4.78, 5) is 25.3. The van der Waals surface area contributed by atoms with E-state index in [1.165, 1.54) is 0 Å². The predicted octanol–water partition coefficient (Wildman–Crippen LogP) is 3.33. The monoisotopic (exact) mass is 291 g/mol. The molecule has 0 aliphatic rings. The number of amides is 1. The number of hydrogen-bond donors (Lipinski definition) is 0. The summed E-state index contributed by atoms with van der Waals surface area (Å²) >= 11 is 0. The van der Waals surface area contributed by atoms with E-state index < -0.39 is 6.10 Å². The molecule has 0 fully saturated rings. The van der Waals surface area contributed by atoms with Gasteiger partial charge in [0.1, 0.15) is 6.10 Å². The highest BCUT2D eigenvalue weighted by molar-refractivity contribution is 5.76. The Hall–Kier alpha value is -1.84. The van der Waals surface area contributed by atoms with Crippen LogP contribution in [0.5, 0.6) is 0 Å². The quantitative estimate of drug-likeness (QED) is 0.690. The number of esters is 1. The van der Waals surface area contributed by atoms with E-state index in [-0.39, 0.29) is 11.9 Å². The van der Waals surface area contributed by atoms with Crippen molar-refractivity contribution in [2.75, 3.05) is 13.6 Å². The van der Waals surface area contributed by atoms with Gasteiger partial charge in [0.05, 0.1) is 6.54 Å². The molecule has 4 nitrogen and oxygen atoms in total. The maximum absolute atomic E-state index is 11.9. The number of ether oxygens (including phenoxy) is 1. The van der Waals surface area contributed by atoms with Gasteiger partial charge in [-0.3, -0.25) is 9.59 Å². The van der Waals surface area contributed by atoms with Crippen LogP contribution in [0.1, 0.15) is 51.2 Å². The average molecular weight is 291 g/mol. The lowest BCUT2D eigenvalue weighted by molar-refractivity contribution is -0.152. The van der Waals surface area contributed by atoms with Gasteiger partial charge in [-0.05, 0) is 18.4 Å². The number of benzene rings is 1. The largest absolute Gasteiger partial charge is 0.456 e. The number of hydrogen-bond acceptors (Lipinski definition) is 3. The fraction of sp³-hybridized carbons (Fsp3) is 0.529. The molecule has 1 aromatic rings. The van der Waals surface area contributed by atoms with E-state index in [1.54, 1.807) is 11.9 Å². The van der Waals surface area contributed by atoms with Crippen molar-refractivity contribution in [1.29, 1.82) is 0 Å². The van der Waals surface area contributed by atoms with Crippen molar-refractivity contribution in [3.63, 3.8) is 0 Å². The van der Waals surface area contributed by atoms with Crippen molar-refractivity contribution in [1.82, 2.24) is 4.90 Å². The SMILES string of the molecule is CCCC(=O)OC(CN(C)C(=O)CCC)c1ccccc1. The van der Waals surface area contributed by atoms with Gasteiger partial charge in [0, 0.05) is 19.9 Å². The Morgan fingerprint density at radius 2 is 1.71 bits per heavy atom. The summed E-state index contributed by atoms with van der Waals surface area (Å²) < 4.78 is 5.54. The van der Waals surface area contributed by atoms with Crippen molar-refractivity contribution < 1.29 is 14.3 Å². The van der Waals surface area contributed by atoms with Crippen LogP contribution in [0.3, 0.4) is 0 Å². The molecule has 116 valence electrons. The van der Waals surface area contributed by atoms with Gasteiger partial charge in [-0.25, -0.2) is 0 Å². The van der Waals surface area contributed by atoms with Crippen LogP contribution in [0.2, 0.25) is 0 Å². The van der Waals surface area contributed by atoms with E-state index >= 15 is 0 Å². The maximum Gasteiger partial charge on any atom is 0.306 e. The second-order valence-electron chi connectivity index (χ2n) is 5.16. The molecular formula is C17H25NO3. The van der Waals surface area contributed by atoms with Crippen molar-refractivity contribution in [2.24, 2.45) is 0 Å². The first-order valence-corrected chi connectivity index (χ1v) is 7.56. The van der Waals surface area contributed by atoms with Crippen LogP contribution < -0.4 is 0 Å². The molecule has 0 saturated carbocycles. The molecule has 1 atom stereocenters. The summed E-state index contributed by atoms with van der Waals surface area (Å²) in [6.45, 7) is 4.30. The van der Waals surface area contributed by atoms with Crippen molar-refractivity contribution in [3.8, 4) is 0 Å². The summed E-state index contributed by atoms with van der Waals surface area (Å²) in [5.74, 6) is -0.146. The zero-order chi connectivity index (χ0) is 15.7. The van der Waals surface area contributed by atoms with E-state index in [0.717, 1.165) is 18.4 Å². The summed E-state index contributed by atoms with van der Waals surface area (Å²) in [6.07, 6.45) is 2.08. The van der Waals surface area contributed by atoms with Crippen LogP contribution in [0.25, 0.3) is 0 Å². The minimum Gasteiger partial charge on any atom is -0.456 e. The number of carbonyl (C=O) groups is 2. The first-order valence-electron chi connectivity index (χ1n) is 7.56. The lowest BCUT2D eigenvalue weighted by Crippen LogP contribution is -2.32. The molecule has 0 saturated heterocycles. The van der Waals surface area contributed by atoms with Crippen LogP contribution in [0, 0.1) is 0 Å². The Kier molecular flexibility index (Phi) is 7.51. The summed E-state index contributed by atoms with van der Waals surface area (Å²) in [7, 11) is 1.75. The zero-order valence-electron chi connectivity index (χ0n) is 13.2. The summed E-state index contributed by atoms with van der Waals surface area (Å²) in [6, 6.07) is 9.57. The zero-order valence-corrected chi connectivity index (χ0v) is 13.2. The second kappa shape index (κ2) is 9.16. The summed E-state index contributed by atoms with van der Waals surface area (Å²) in [5, 5.41) is 0. The molecule has 0 spiro atoms. The van der Waals surface area contributed by atoms with Gasteiger partial charge in [0.15, 0.2) is 0 Å². The normalized spacial score (nSPS) is 11.8. The fourth-order valence-electron chi connectivity index (χ4n) is 2.06. The van der Waals surface area contributed by atoms with Crippen LogP contribution in [0.15, 0.2) is 30.3 Å². The standard InChI is InChI=1S/C17H25NO3/c1-4-9-16(19)18(3)13-15(21-17(20)10-5-2)14-11-7-6-8-12-14/h6-8,11-12,15H,4-5,9-10,13H2,1-3H3. The molecule has 0 bridgehead atoms. The van der Waals surface area contributed by atoms with Gasteiger partial charge in [-0.2, -0.15) is 0 Å². The minimum atomic E-state index is -0.406. The van der Waals surface area contributed by atoms with Gasteiger partial charge in [-0.15, -0.1) is 0 Å². The molecule has 0 N–H and O–H groups in total. The van der Waals surface area contributed by atoms with Crippen molar-refractivity contribution in [2.45, 2.75) is 45.6 Å². The van der Waals surface area contributed by atoms with Crippen molar-refractivity contribution in [3.05, 3.63) is 35.9 Å². The van der Waals surface area contributed by atoms with E-state index in [0.29, 0.717) is 19.4 Å². The van der Waals surface area contributed by atoms with Crippen LogP contribution in [-0.2, 0) is 14.3 Å². The molecule has 0 radical (unpaired) electrons. The third-order valence-electron chi connectivity index (χ3n) is 3.23. The first kappa shape index (κ1) is 17.2. The topological polar surface area (TPSA) is 46.6 Å². The van der Waals surface area contributed by atoms with Gasteiger partial charge in [-0.1, -0.05) is 44.2 Å². The third-order valence-corrected chi connectivity index (χ3v) is 3.23. The number of rotatable bonds is 8.